The van der Waals surface area contributed by atoms with E-state index in [1.165, 1.54) is 7.11 Å². The van der Waals surface area contributed by atoms with Gasteiger partial charge in [0.05, 0.1) is 12.7 Å². The third-order valence-electron chi connectivity index (χ3n) is 3.97. The molecule has 130 valence electrons. The maximum Gasteiger partial charge on any atom is 0.337 e. The molecule has 3 rings (SSSR count). The van der Waals surface area contributed by atoms with Crippen molar-refractivity contribution < 1.29 is 19.1 Å². The quantitative estimate of drug-likeness (QED) is 0.474. The Morgan fingerprint density at radius 2 is 1.38 bits per heavy atom. The Morgan fingerprint density at radius 1 is 0.731 bits per heavy atom. The van der Waals surface area contributed by atoms with Crippen LogP contribution in [0, 0.1) is 0 Å². The molecule has 4 nitrogen and oxygen atoms in total. The Labute approximate surface area is 152 Å². The maximum atomic E-state index is 11.5. The highest BCUT2D eigenvalue weighted by molar-refractivity contribution is 5.94. The Kier molecular flexibility index (Phi) is 5.13. The lowest BCUT2D eigenvalue weighted by Crippen LogP contribution is -2.00. The molecule has 0 unspecified atom stereocenters. The highest BCUT2D eigenvalue weighted by Gasteiger charge is 2.06. The van der Waals surface area contributed by atoms with E-state index in [1.807, 2.05) is 48.5 Å². The predicted molar refractivity (Wildman–Crippen MR) is 99.7 cm³/mol. The largest absolute Gasteiger partial charge is 0.465 e. The molecule has 0 fully saturated rings. The normalized spacial score (nSPS) is 10.2. The van der Waals surface area contributed by atoms with Crippen LogP contribution in [-0.4, -0.2) is 18.9 Å². The molecule has 26 heavy (non-hydrogen) atoms. The fourth-order valence-electron chi connectivity index (χ4n) is 2.55. The number of hydrogen-bond acceptors (Lipinski definition) is 4. The summed E-state index contributed by atoms with van der Waals surface area (Å²) in [5, 5.41) is 0. The molecule has 0 aliphatic heterocycles. The number of ether oxygens (including phenoxy) is 2. The highest BCUT2D eigenvalue weighted by atomic mass is 16.5. The second kappa shape index (κ2) is 7.66. The van der Waals surface area contributed by atoms with Gasteiger partial charge in [0.2, 0.25) is 0 Å². The van der Waals surface area contributed by atoms with Crippen LogP contribution < -0.4 is 4.74 Å². The molecule has 0 amide bonds. The van der Waals surface area contributed by atoms with Gasteiger partial charge >= 0.3 is 5.97 Å². The first-order chi connectivity index (χ1) is 12.6. The van der Waals surface area contributed by atoms with Gasteiger partial charge in [-0.15, -0.1) is 0 Å². The summed E-state index contributed by atoms with van der Waals surface area (Å²) in [5.41, 5.74) is 3.15. The number of carbonyl (C=O) groups excluding carboxylic acids is 2. The zero-order valence-corrected chi connectivity index (χ0v) is 14.6. The van der Waals surface area contributed by atoms with Crippen LogP contribution in [0.3, 0.4) is 0 Å². The van der Waals surface area contributed by atoms with Crippen molar-refractivity contribution in [1.29, 1.82) is 0 Å². The van der Waals surface area contributed by atoms with Crippen molar-refractivity contribution in [3.8, 4) is 22.6 Å². The van der Waals surface area contributed by atoms with Gasteiger partial charge in [-0.3, -0.25) is 4.79 Å². The lowest BCUT2D eigenvalue weighted by molar-refractivity contribution is 0.0600. The van der Waals surface area contributed by atoms with Crippen molar-refractivity contribution >= 4 is 11.8 Å². The first-order valence-corrected chi connectivity index (χ1v) is 8.14. The van der Waals surface area contributed by atoms with Crippen molar-refractivity contribution in [2.75, 3.05) is 7.11 Å². The minimum atomic E-state index is -0.382. The third kappa shape index (κ3) is 3.98. The molecule has 0 radical (unpaired) electrons. The van der Waals surface area contributed by atoms with E-state index in [1.54, 1.807) is 31.2 Å². The number of rotatable bonds is 5. The summed E-state index contributed by atoms with van der Waals surface area (Å²) >= 11 is 0. The van der Waals surface area contributed by atoms with E-state index >= 15 is 0 Å². The SMILES string of the molecule is COC(=O)c1ccc(Oc2cccc(-c3ccc(C(C)=O)cc3)c2)cc1. The average Bonchev–Trinajstić information content (AvgIpc) is 2.68. The first kappa shape index (κ1) is 17.4. The Hall–Kier alpha value is -3.40. The lowest BCUT2D eigenvalue weighted by Gasteiger charge is -2.09. The molecule has 3 aromatic rings. The van der Waals surface area contributed by atoms with Gasteiger partial charge in [-0.05, 0) is 54.4 Å². The molecule has 4 heteroatoms. The zero-order valence-electron chi connectivity index (χ0n) is 14.6. The van der Waals surface area contributed by atoms with Crippen LogP contribution in [0.15, 0.2) is 72.8 Å². The van der Waals surface area contributed by atoms with E-state index in [-0.39, 0.29) is 11.8 Å². The molecule has 0 N–H and O–H groups in total. The van der Waals surface area contributed by atoms with Gasteiger partial charge < -0.3 is 9.47 Å². The molecule has 0 saturated carbocycles. The average molecular weight is 346 g/mol. The van der Waals surface area contributed by atoms with Gasteiger partial charge in [-0.2, -0.15) is 0 Å². The summed E-state index contributed by atoms with van der Waals surface area (Å²) < 4.78 is 10.5. The Morgan fingerprint density at radius 3 is 2.00 bits per heavy atom. The smallest absolute Gasteiger partial charge is 0.337 e. The second-order valence-electron chi connectivity index (χ2n) is 5.78. The van der Waals surface area contributed by atoms with Crippen LogP contribution in [0.5, 0.6) is 11.5 Å². The molecular weight excluding hydrogens is 328 g/mol. The Balaban J connectivity index is 1.79. The Bertz CT molecular complexity index is 925. The maximum absolute atomic E-state index is 11.5. The van der Waals surface area contributed by atoms with Gasteiger partial charge in [0.15, 0.2) is 5.78 Å². The molecule has 3 aromatic carbocycles. The second-order valence-corrected chi connectivity index (χ2v) is 5.78. The topological polar surface area (TPSA) is 52.6 Å². The van der Waals surface area contributed by atoms with Crippen molar-refractivity contribution in [3.63, 3.8) is 0 Å². The fourth-order valence-corrected chi connectivity index (χ4v) is 2.55. The van der Waals surface area contributed by atoms with E-state index in [0.717, 1.165) is 11.1 Å². The van der Waals surface area contributed by atoms with Crippen molar-refractivity contribution in [2.45, 2.75) is 6.92 Å². The highest BCUT2D eigenvalue weighted by Crippen LogP contribution is 2.28. The van der Waals surface area contributed by atoms with E-state index in [4.69, 9.17) is 4.74 Å². The van der Waals surface area contributed by atoms with Gasteiger partial charge in [0.1, 0.15) is 11.5 Å². The summed E-state index contributed by atoms with van der Waals surface area (Å²) in [5.74, 6) is 0.974. The van der Waals surface area contributed by atoms with Crippen LogP contribution in [0.1, 0.15) is 27.6 Å². The zero-order chi connectivity index (χ0) is 18.5. The van der Waals surface area contributed by atoms with Crippen LogP contribution in [0.4, 0.5) is 0 Å². The molecular formula is C22H18O4. The van der Waals surface area contributed by atoms with E-state index in [2.05, 4.69) is 4.74 Å². The minimum absolute atomic E-state index is 0.0454. The van der Waals surface area contributed by atoms with Gasteiger partial charge in [0, 0.05) is 5.56 Å². The van der Waals surface area contributed by atoms with Crippen LogP contribution in [-0.2, 0) is 4.74 Å². The number of Topliss-reactive ketones (excluding diaryl/α,β-unsaturated/α-hetero) is 1. The number of ketones is 1. The van der Waals surface area contributed by atoms with E-state index in [9.17, 15) is 9.59 Å². The molecule has 0 atom stereocenters. The first-order valence-electron chi connectivity index (χ1n) is 8.14. The van der Waals surface area contributed by atoms with Crippen LogP contribution in [0.2, 0.25) is 0 Å². The lowest BCUT2D eigenvalue weighted by atomic mass is 10.0. The van der Waals surface area contributed by atoms with E-state index in [0.29, 0.717) is 22.6 Å². The number of hydrogen-bond donors (Lipinski definition) is 0. The van der Waals surface area contributed by atoms with Crippen LogP contribution in [0.25, 0.3) is 11.1 Å². The van der Waals surface area contributed by atoms with E-state index < -0.39 is 0 Å². The molecule has 0 saturated heterocycles. The molecule has 0 aromatic heterocycles. The molecule has 0 spiro atoms. The van der Waals surface area contributed by atoms with Crippen molar-refractivity contribution in [2.24, 2.45) is 0 Å². The summed E-state index contributed by atoms with van der Waals surface area (Å²) in [6, 6.07) is 21.9. The summed E-state index contributed by atoms with van der Waals surface area (Å²) in [6.07, 6.45) is 0. The summed E-state index contributed by atoms with van der Waals surface area (Å²) in [4.78, 5) is 22.9. The monoisotopic (exact) mass is 346 g/mol. The minimum Gasteiger partial charge on any atom is -0.465 e. The molecule has 0 aliphatic rings. The van der Waals surface area contributed by atoms with Gasteiger partial charge in [-0.1, -0.05) is 36.4 Å². The molecule has 0 heterocycles. The summed E-state index contributed by atoms with van der Waals surface area (Å²) in [6.45, 7) is 1.55. The molecule has 0 bridgehead atoms. The number of benzene rings is 3. The standard InChI is InChI=1S/C22H18O4/c1-15(23)16-6-8-17(9-7-16)19-4-3-5-21(14-19)26-20-12-10-18(11-13-20)22(24)25-2/h3-14H,1-2H3. The van der Waals surface area contributed by atoms with Crippen molar-refractivity contribution in [1.82, 2.24) is 0 Å². The van der Waals surface area contributed by atoms with Gasteiger partial charge in [-0.25, -0.2) is 4.79 Å². The van der Waals surface area contributed by atoms with Gasteiger partial charge in [0.25, 0.3) is 0 Å². The number of methoxy groups -OCH3 is 1. The number of esters is 1. The fraction of sp³-hybridized carbons (Fsp3) is 0.0909. The van der Waals surface area contributed by atoms with Crippen LogP contribution >= 0.6 is 0 Å². The third-order valence-corrected chi connectivity index (χ3v) is 3.97. The molecule has 0 aliphatic carbocycles. The predicted octanol–water partition coefficient (Wildman–Crippen LogP) is 5.14. The summed E-state index contributed by atoms with van der Waals surface area (Å²) in [7, 11) is 1.35. The van der Waals surface area contributed by atoms with Crippen molar-refractivity contribution in [3.05, 3.63) is 83.9 Å². The number of carbonyl (C=O) groups is 2.